The number of nitrogens with zero attached hydrogens (tertiary/aromatic N) is 1. The molecule has 0 amide bonds. The third-order valence-electron chi connectivity index (χ3n) is 3.24. The van der Waals surface area contributed by atoms with Gasteiger partial charge in [0.05, 0.1) is 24.0 Å². The molecule has 4 heteroatoms. The van der Waals surface area contributed by atoms with E-state index < -0.39 is 0 Å². The van der Waals surface area contributed by atoms with Crippen molar-refractivity contribution in [2.75, 3.05) is 23.9 Å². The quantitative estimate of drug-likeness (QED) is 0.816. The predicted octanol–water partition coefficient (Wildman–Crippen LogP) is 2.50. The number of nitrogens with one attached hydrogen (secondary N) is 1. The fourth-order valence-corrected chi connectivity index (χ4v) is 2.39. The highest BCUT2D eigenvalue weighted by molar-refractivity contribution is 5.99. The van der Waals surface area contributed by atoms with Crippen molar-refractivity contribution in [3.63, 3.8) is 0 Å². The molecule has 0 fully saturated rings. The van der Waals surface area contributed by atoms with Gasteiger partial charge in [-0.25, -0.2) is 4.79 Å². The van der Waals surface area contributed by atoms with Crippen LogP contribution in [0.5, 0.6) is 0 Å². The molecule has 0 radical (unpaired) electrons. The fraction of sp³-hybridized carbons (Fsp3) is 0.500. The SMILES string of the molecule is COC(=O)c1cccc2c1NC(C)CN2C(C)C. The summed E-state index contributed by atoms with van der Waals surface area (Å²) >= 11 is 0. The smallest absolute Gasteiger partial charge is 0.340 e. The zero-order valence-electron chi connectivity index (χ0n) is 11.4. The van der Waals surface area contributed by atoms with Crippen molar-refractivity contribution >= 4 is 17.3 Å². The van der Waals surface area contributed by atoms with Crippen LogP contribution >= 0.6 is 0 Å². The molecule has 1 heterocycles. The molecule has 1 aromatic carbocycles. The molecule has 1 unspecified atom stereocenters. The number of ether oxygens (including phenoxy) is 1. The first-order chi connectivity index (χ1) is 8.54. The van der Waals surface area contributed by atoms with Crippen LogP contribution in [0.2, 0.25) is 0 Å². The zero-order valence-corrected chi connectivity index (χ0v) is 11.4. The number of rotatable bonds is 2. The third kappa shape index (κ3) is 2.15. The standard InChI is InChI=1S/C14H20N2O2/c1-9(2)16-8-10(3)15-13-11(14(17)18-4)6-5-7-12(13)16/h5-7,9-10,15H,8H2,1-4H3. The molecule has 1 aliphatic heterocycles. The summed E-state index contributed by atoms with van der Waals surface area (Å²) in [5.74, 6) is -0.294. The number of esters is 1. The molecule has 0 saturated carbocycles. The van der Waals surface area contributed by atoms with Gasteiger partial charge in [0.25, 0.3) is 0 Å². The van der Waals surface area contributed by atoms with Crippen LogP contribution in [0.4, 0.5) is 11.4 Å². The van der Waals surface area contributed by atoms with Gasteiger partial charge in [0.15, 0.2) is 0 Å². The molecule has 0 spiro atoms. The predicted molar refractivity (Wildman–Crippen MR) is 73.3 cm³/mol. The van der Waals surface area contributed by atoms with E-state index >= 15 is 0 Å². The highest BCUT2D eigenvalue weighted by Crippen LogP contribution is 2.35. The Bertz CT molecular complexity index is 457. The largest absolute Gasteiger partial charge is 0.465 e. The topological polar surface area (TPSA) is 41.6 Å². The summed E-state index contributed by atoms with van der Waals surface area (Å²) in [5, 5.41) is 3.39. The van der Waals surface area contributed by atoms with Gasteiger partial charge < -0.3 is 15.0 Å². The van der Waals surface area contributed by atoms with Crippen molar-refractivity contribution in [3.05, 3.63) is 23.8 Å². The molecule has 2 rings (SSSR count). The molecule has 1 aliphatic rings. The van der Waals surface area contributed by atoms with Crippen molar-refractivity contribution in [1.29, 1.82) is 0 Å². The molecule has 1 atom stereocenters. The first-order valence-corrected chi connectivity index (χ1v) is 6.29. The van der Waals surface area contributed by atoms with Crippen molar-refractivity contribution in [2.45, 2.75) is 32.9 Å². The minimum atomic E-state index is -0.294. The Morgan fingerprint density at radius 2 is 2.22 bits per heavy atom. The Labute approximate surface area is 108 Å². The number of carbonyl (C=O) groups is 1. The van der Waals surface area contributed by atoms with Crippen LogP contribution in [-0.2, 0) is 4.74 Å². The van der Waals surface area contributed by atoms with Crippen LogP contribution in [-0.4, -0.2) is 31.7 Å². The van der Waals surface area contributed by atoms with Gasteiger partial charge in [-0.3, -0.25) is 0 Å². The summed E-state index contributed by atoms with van der Waals surface area (Å²) in [6, 6.07) is 6.46. The number of anilines is 2. The Morgan fingerprint density at radius 1 is 1.50 bits per heavy atom. The second-order valence-electron chi connectivity index (χ2n) is 4.98. The summed E-state index contributed by atoms with van der Waals surface area (Å²) in [6.45, 7) is 7.38. The van der Waals surface area contributed by atoms with E-state index in [-0.39, 0.29) is 5.97 Å². The van der Waals surface area contributed by atoms with Gasteiger partial charge in [0, 0.05) is 18.6 Å². The molecule has 0 aromatic heterocycles. The fourth-order valence-electron chi connectivity index (χ4n) is 2.39. The van der Waals surface area contributed by atoms with Gasteiger partial charge in [0.1, 0.15) is 0 Å². The van der Waals surface area contributed by atoms with E-state index in [1.807, 2.05) is 12.1 Å². The number of fused-ring (bicyclic) bond motifs is 1. The average Bonchev–Trinajstić information content (AvgIpc) is 2.36. The van der Waals surface area contributed by atoms with Gasteiger partial charge in [-0.2, -0.15) is 0 Å². The lowest BCUT2D eigenvalue weighted by molar-refractivity contribution is 0.0601. The highest BCUT2D eigenvalue weighted by atomic mass is 16.5. The average molecular weight is 248 g/mol. The molecule has 1 N–H and O–H groups in total. The molecule has 18 heavy (non-hydrogen) atoms. The van der Waals surface area contributed by atoms with E-state index in [9.17, 15) is 4.79 Å². The Hall–Kier alpha value is -1.71. The first-order valence-electron chi connectivity index (χ1n) is 6.29. The van der Waals surface area contributed by atoms with Crippen LogP contribution in [0.25, 0.3) is 0 Å². The van der Waals surface area contributed by atoms with Gasteiger partial charge in [-0.15, -0.1) is 0 Å². The number of carbonyl (C=O) groups excluding carboxylic acids is 1. The lowest BCUT2D eigenvalue weighted by Crippen LogP contribution is -2.44. The van der Waals surface area contributed by atoms with E-state index in [0.29, 0.717) is 17.6 Å². The van der Waals surface area contributed by atoms with E-state index in [1.54, 1.807) is 6.07 Å². The minimum absolute atomic E-state index is 0.294. The van der Waals surface area contributed by atoms with Gasteiger partial charge in [-0.05, 0) is 32.9 Å². The number of benzene rings is 1. The monoisotopic (exact) mass is 248 g/mol. The van der Waals surface area contributed by atoms with Crippen LogP contribution < -0.4 is 10.2 Å². The molecular weight excluding hydrogens is 228 g/mol. The summed E-state index contributed by atoms with van der Waals surface area (Å²) < 4.78 is 4.84. The molecule has 0 bridgehead atoms. The summed E-state index contributed by atoms with van der Waals surface area (Å²) in [5.41, 5.74) is 2.56. The maximum atomic E-state index is 11.8. The summed E-state index contributed by atoms with van der Waals surface area (Å²) in [7, 11) is 1.41. The van der Waals surface area contributed by atoms with Gasteiger partial charge >= 0.3 is 5.97 Å². The molecule has 98 valence electrons. The second-order valence-corrected chi connectivity index (χ2v) is 4.98. The maximum absolute atomic E-state index is 11.8. The maximum Gasteiger partial charge on any atom is 0.340 e. The zero-order chi connectivity index (χ0) is 13.3. The lowest BCUT2D eigenvalue weighted by atomic mass is 10.0. The van der Waals surface area contributed by atoms with E-state index in [1.165, 1.54) is 7.11 Å². The van der Waals surface area contributed by atoms with Crippen molar-refractivity contribution < 1.29 is 9.53 Å². The van der Waals surface area contributed by atoms with Crippen LogP contribution in [0.3, 0.4) is 0 Å². The third-order valence-corrected chi connectivity index (χ3v) is 3.24. The Morgan fingerprint density at radius 3 is 2.83 bits per heavy atom. The number of methoxy groups -OCH3 is 1. The van der Waals surface area contributed by atoms with E-state index in [2.05, 4.69) is 31.0 Å². The Kier molecular flexibility index (Phi) is 3.45. The highest BCUT2D eigenvalue weighted by Gasteiger charge is 2.26. The van der Waals surface area contributed by atoms with Crippen molar-refractivity contribution in [2.24, 2.45) is 0 Å². The molecule has 4 nitrogen and oxygen atoms in total. The van der Waals surface area contributed by atoms with Crippen LogP contribution in [0, 0.1) is 0 Å². The van der Waals surface area contributed by atoms with Crippen LogP contribution in [0.1, 0.15) is 31.1 Å². The number of hydrogen-bond acceptors (Lipinski definition) is 4. The number of para-hydroxylation sites is 1. The van der Waals surface area contributed by atoms with Gasteiger partial charge in [-0.1, -0.05) is 6.07 Å². The van der Waals surface area contributed by atoms with Crippen LogP contribution in [0.15, 0.2) is 18.2 Å². The van der Waals surface area contributed by atoms with Crippen molar-refractivity contribution in [1.82, 2.24) is 0 Å². The summed E-state index contributed by atoms with van der Waals surface area (Å²) in [6.07, 6.45) is 0. The molecule has 0 saturated heterocycles. The van der Waals surface area contributed by atoms with Gasteiger partial charge in [0.2, 0.25) is 0 Å². The van der Waals surface area contributed by atoms with E-state index in [4.69, 9.17) is 4.74 Å². The lowest BCUT2D eigenvalue weighted by Gasteiger charge is -2.39. The molecule has 0 aliphatic carbocycles. The molecule has 1 aromatic rings. The second kappa shape index (κ2) is 4.88. The Balaban J connectivity index is 2.51. The van der Waals surface area contributed by atoms with Crippen molar-refractivity contribution in [3.8, 4) is 0 Å². The first kappa shape index (κ1) is 12.7. The van der Waals surface area contributed by atoms with E-state index in [0.717, 1.165) is 17.9 Å². The summed E-state index contributed by atoms with van der Waals surface area (Å²) in [4.78, 5) is 14.1. The normalized spacial score (nSPS) is 18.3. The molecular formula is C14H20N2O2. The number of hydrogen-bond donors (Lipinski definition) is 1. The minimum Gasteiger partial charge on any atom is -0.465 e.